The summed E-state index contributed by atoms with van der Waals surface area (Å²) in [7, 11) is 2.10. The Bertz CT molecular complexity index is 932. The Kier molecular flexibility index (Phi) is 6.25. The van der Waals surface area contributed by atoms with Crippen LogP contribution in [0.2, 0.25) is 5.02 Å². The zero-order chi connectivity index (χ0) is 20.2. The summed E-state index contributed by atoms with van der Waals surface area (Å²) in [6.07, 6.45) is 4.95. The van der Waals surface area contributed by atoms with E-state index in [1.165, 1.54) is 0 Å². The maximum atomic E-state index is 14.6. The molecule has 3 aromatic rings. The minimum atomic E-state index is -0.279. The fraction of sp³-hybridized carbons (Fsp3) is 0.318. The van der Waals surface area contributed by atoms with Gasteiger partial charge < -0.3 is 19.5 Å². The predicted octanol–water partition coefficient (Wildman–Crippen LogP) is 3.83. The number of aromatic nitrogens is 2. The molecule has 0 aliphatic carbocycles. The lowest BCUT2D eigenvalue weighted by molar-refractivity contribution is -0.0396. The number of rotatable bonds is 6. The van der Waals surface area contributed by atoms with E-state index in [0.717, 1.165) is 24.2 Å². The van der Waals surface area contributed by atoms with E-state index < -0.39 is 0 Å². The molecule has 0 saturated carbocycles. The number of imidazole rings is 1. The molecule has 2 atom stereocenters. The van der Waals surface area contributed by atoms with Gasteiger partial charge in [-0.15, -0.1) is 0 Å². The van der Waals surface area contributed by atoms with Gasteiger partial charge in [0.2, 0.25) is 0 Å². The molecule has 1 aliphatic rings. The third kappa shape index (κ3) is 4.85. The van der Waals surface area contributed by atoms with Crippen LogP contribution in [0.4, 0.5) is 4.39 Å². The average Bonchev–Trinajstić information content (AvgIpc) is 3.24. The number of nitrogens with one attached hydrogen (secondary N) is 1. The van der Waals surface area contributed by atoms with Crippen molar-refractivity contribution in [1.29, 1.82) is 0 Å². The highest BCUT2D eigenvalue weighted by atomic mass is 35.5. The van der Waals surface area contributed by atoms with Crippen molar-refractivity contribution in [2.45, 2.75) is 18.7 Å². The standard InChI is InChI=1S/C22H24ClFN4O/c1-27-10-11-29-21(14-27)22(17-3-5-18(23)6-4-17)26-13-16-2-7-20(19(24)12-16)28-9-8-25-15-28/h2-9,12,15,21-22,26H,10-11,13-14H2,1H3/t21-,22+/m0/s1. The molecule has 4 rings (SSSR count). The summed E-state index contributed by atoms with van der Waals surface area (Å²) in [6, 6.07) is 13.0. The van der Waals surface area contributed by atoms with Gasteiger partial charge in [0.25, 0.3) is 0 Å². The van der Waals surface area contributed by atoms with Crippen LogP contribution in [0.1, 0.15) is 17.2 Å². The molecule has 1 saturated heterocycles. The summed E-state index contributed by atoms with van der Waals surface area (Å²) in [5, 5.41) is 4.26. The molecule has 152 valence electrons. The molecule has 2 aromatic carbocycles. The number of morpholine rings is 1. The first-order valence-corrected chi connectivity index (χ1v) is 10.0. The van der Waals surface area contributed by atoms with E-state index in [-0.39, 0.29) is 18.0 Å². The number of likely N-dealkylation sites (N-methyl/N-ethyl adjacent to an activating group) is 1. The van der Waals surface area contributed by atoms with Gasteiger partial charge in [0, 0.05) is 37.1 Å². The van der Waals surface area contributed by atoms with Crippen LogP contribution in [-0.2, 0) is 11.3 Å². The van der Waals surface area contributed by atoms with E-state index in [2.05, 4.69) is 22.2 Å². The molecule has 1 N–H and O–H groups in total. The van der Waals surface area contributed by atoms with E-state index in [1.807, 2.05) is 30.3 Å². The number of nitrogens with zero attached hydrogens (tertiary/aromatic N) is 3. The Hall–Kier alpha value is -2.25. The third-order valence-corrected chi connectivity index (χ3v) is 5.47. The Morgan fingerprint density at radius 3 is 2.79 bits per heavy atom. The third-order valence-electron chi connectivity index (χ3n) is 5.22. The fourth-order valence-corrected chi connectivity index (χ4v) is 3.77. The number of halogens is 2. The first-order chi connectivity index (χ1) is 14.1. The minimum Gasteiger partial charge on any atom is -0.374 e. The second-order valence-corrected chi connectivity index (χ2v) is 7.77. The molecule has 0 bridgehead atoms. The van der Waals surface area contributed by atoms with Crippen molar-refractivity contribution in [1.82, 2.24) is 19.8 Å². The number of benzene rings is 2. The maximum Gasteiger partial charge on any atom is 0.147 e. The molecule has 29 heavy (non-hydrogen) atoms. The summed E-state index contributed by atoms with van der Waals surface area (Å²) in [6.45, 7) is 2.97. The predicted molar refractivity (Wildman–Crippen MR) is 112 cm³/mol. The first kappa shape index (κ1) is 20.0. The normalized spacial score (nSPS) is 18.7. The molecule has 0 amide bonds. The van der Waals surface area contributed by atoms with Gasteiger partial charge in [-0.25, -0.2) is 9.37 Å². The molecular weight excluding hydrogens is 391 g/mol. The molecular formula is C22H24ClFN4O. The smallest absolute Gasteiger partial charge is 0.147 e. The summed E-state index contributed by atoms with van der Waals surface area (Å²) < 4.78 is 22.3. The quantitative estimate of drug-likeness (QED) is 0.665. The van der Waals surface area contributed by atoms with Crippen LogP contribution >= 0.6 is 11.6 Å². The van der Waals surface area contributed by atoms with Crippen LogP contribution in [-0.4, -0.2) is 47.3 Å². The van der Waals surface area contributed by atoms with Gasteiger partial charge in [-0.3, -0.25) is 0 Å². The maximum absolute atomic E-state index is 14.6. The SMILES string of the molecule is CN1CCO[C@H]([C@H](NCc2ccc(-n3ccnc3)c(F)c2)c2ccc(Cl)cc2)C1. The minimum absolute atomic E-state index is 0.00462. The van der Waals surface area contributed by atoms with Crippen LogP contribution in [0.15, 0.2) is 61.2 Å². The average molecular weight is 415 g/mol. The fourth-order valence-electron chi connectivity index (χ4n) is 3.65. The Morgan fingerprint density at radius 2 is 2.10 bits per heavy atom. The van der Waals surface area contributed by atoms with Gasteiger partial charge >= 0.3 is 0 Å². The largest absolute Gasteiger partial charge is 0.374 e. The molecule has 1 aliphatic heterocycles. The molecule has 0 radical (unpaired) electrons. The van der Waals surface area contributed by atoms with Crippen molar-refractivity contribution in [3.05, 3.63) is 83.2 Å². The van der Waals surface area contributed by atoms with Crippen LogP contribution < -0.4 is 5.32 Å². The van der Waals surface area contributed by atoms with Crippen molar-refractivity contribution >= 4 is 11.6 Å². The van der Waals surface area contributed by atoms with Crippen molar-refractivity contribution in [2.75, 3.05) is 26.7 Å². The van der Waals surface area contributed by atoms with Crippen molar-refractivity contribution in [2.24, 2.45) is 0 Å². The van der Waals surface area contributed by atoms with Gasteiger partial charge in [-0.05, 0) is 42.4 Å². The molecule has 0 spiro atoms. The summed E-state index contributed by atoms with van der Waals surface area (Å²) >= 11 is 6.06. The van der Waals surface area contributed by atoms with Gasteiger partial charge in [-0.2, -0.15) is 0 Å². The second-order valence-electron chi connectivity index (χ2n) is 7.34. The lowest BCUT2D eigenvalue weighted by Gasteiger charge is -2.36. The summed E-state index contributed by atoms with van der Waals surface area (Å²) in [5.74, 6) is -0.279. The van der Waals surface area contributed by atoms with Crippen molar-refractivity contribution < 1.29 is 9.13 Å². The highest BCUT2D eigenvalue weighted by Crippen LogP contribution is 2.25. The Labute approximate surface area is 175 Å². The van der Waals surface area contributed by atoms with E-state index in [9.17, 15) is 4.39 Å². The van der Waals surface area contributed by atoms with E-state index in [4.69, 9.17) is 16.3 Å². The number of hydrogen-bond donors (Lipinski definition) is 1. The molecule has 5 nitrogen and oxygen atoms in total. The van der Waals surface area contributed by atoms with E-state index in [1.54, 1.807) is 35.4 Å². The van der Waals surface area contributed by atoms with Gasteiger partial charge in [0.15, 0.2) is 0 Å². The van der Waals surface area contributed by atoms with Crippen LogP contribution in [0.5, 0.6) is 0 Å². The number of hydrogen-bond acceptors (Lipinski definition) is 4. The zero-order valence-electron chi connectivity index (χ0n) is 16.3. The molecule has 2 heterocycles. The highest BCUT2D eigenvalue weighted by Gasteiger charge is 2.28. The van der Waals surface area contributed by atoms with Gasteiger partial charge in [-0.1, -0.05) is 29.8 Å². The highest BCUT2D eigenvalue weighted by molar-refractivity contribution is 6.30. The molecule has 0 unspecified atom stereocenters. The monoisotopic (exact) mass is 414 g/mol. The topological polar surface area (TPSA) is 42.3 Å². The van der Waals surface area contributed by atoms with Crippen LogP contribution in [0, 0.1) is 5.82 Å². The lowest BCUT2D eigenvalue weighted by Crippen LogP contribution is -2.46. The van der Waals surface area contributed by atoms with E-state index >= 15 is 0 Å². The first-order valence-electron chi connectivity index (χ1n) is 9.66. The van der Waals surface area contributed by atoms with Gasteiger partial charge in [0.05, 0.1) is 30.8 Å². The summed E-state index contributed by atoms with van der Waals surface area (Å²) in [5.41, 5.74) is 2.46. The van der Waals surface area contributed by atoms with Crippen molar-refractivity contribution in [3.8, 4) is 5.69 Å². The molecule has 1 aromatic heterocycles. The number of ether oxygens (including phenoxy) is 1. The Morgan fingerprint density at radius 1 is 1.28 bits per heavy atom. The van der Waals surface area contributed by atoms with Crippen LogP contribution in [0.3, 0.4) is 0 Å². The molecule has 7 heteroatoms. The molecule has 1 fully saturated rings. The second kappa shape index (κ2) is 9.05. The zero-order valence-corrected chi connectivity index (χ0v) is 17.0. The Balaban J connectivity index is 1.51. The van der Waals surface area contributed by atoms with Crippen molar-refractivity contribution in [3.63, 3.8) is 0 Å². The lowest BCUT2D eigenvalue weighted by atomic mass is 9.99. The van der Waals surface area contributed by atoms with E-state index in [0.29, 0.717) is 23.9 Å². The van der Waals surface area contributed by atoms with Gasteiger partial charge in [0.1, 0.15) is 5.82 Å². The van der Waals surface area contributed by atoms with Crippen LogP contribution in [0.25, 0.3) is 5.69 Å². The summed E-state index contributed by atoms with van der Waals surface area (Å²) in [4.78, 5) is 6.24.